The molecular weight excluding hydrogens is 522 g/mol. The van der Waals surface area contributed by atoms with Crippen LogP contribution in [0.1, 0.15) is 10.4 Å². The smallest absolute Gasteiger partial charge is 0.339 e. The Bertz CT molecular complexity index is 1870. The molecule has 12 heteroatoms. The first-order valence-electron chi connectivity index (χ1n) is 12.4. The van der Waals surface area contributed by atoms with Crippen molar-refractivity contribution < 1.29 is 9.59 Å². The first-order chi connectivity index (χ1) is 19.8. The van der Waals surface area contributed by atoms with E-state index in [1.165, 1.54) is 15.5 Å². The quantitative estimate of drug-likeness (QED) is 0.274. The van der Waals surface area contributed by atoms with Gasteiger partial charge in [0.05, 0.1) is 17.9 Å². The molecule has 0 atom stereocenters. The van der Waals surface area contributed by atoms with Crippen molar-refractivity contribution in [2.75, 3.05) is 37.0 Å². The van der Waals surface area contributed by atoms with Gasteiger partial charge in [-0.15, -0.1) is 0 Å². The van der Waals surface area contributed by atoms with Crippen LogP contribution in [0.25, 0.3) is 22.5 Å². The van der Waals surface area contributed by atoms with Crippen molar-refractivity contribution in [2.45, 2.75) is 0 Å². The van der Waals surface area contributed by atoms with Crippen molar-refractivity contribution in [1.29, 1.82) is 0 Å². The number of carbonyl (C=O) groups excluding carboxylic acids is 2. The van der Waals surface area contributed by atoms with Gasteiger partial charge in [0.1, 0.15) is 17.7 Å². The molecular formula is C29H25N9O3. The number of aromatic nitrogens is 5. The standard InChI is InChI=1S/C29H25N9O3/c1-36(2)16-6-10-24(39)34-20-7-5-8-22(17-20)38-27-25(26(30)32-18-33-27)37(29(38)41)21-13-11-19(12-14-21)28(40)35-23-9-3-4-15-31-23/h3-5,7-9,11-15,17-18H,16H2,1-2H3,(H,34,39)(H2,30,32,33)(H,31,35,40). The zero-order valence-corrected chi connectivity index (χ0v) is 22.2. The monoisotopic (exact) mass is 547 g/mol. The van der Waals surface area contributed by atoms with E-state index in [1.807, 2.05) is 19.0 Å². The normalized spacial score (nSPS) is 10.7. The van der Waals surface area contributed by atoms with Gasteiger partial charge in [-0.25, -0.2) is 24.3 Å². The molecule has 3 aromatic heterocycles. The molecule has 0 aliphatic heterocycles. The molecule has 5 rings (SSSR count). The highest BCUT2D eigenvalue weighted by atomic mass is 16.2. The summed E-state index contributed by atoms with van der Waals surface area (Å²) in [6.45, 7) is 0.444. The third-order valence-electron chi connectivity index (χ3n) is 5.90. The number of carbonyl (C=O) groups is 2. The highest BCUT2D eigenvalue weighted by Crippen LogP contribution is 2.24. The summed E-state index contributed by atoms with van der Waals surface area (Å²) in [6, 6.07) is 18.4. The summed E-state index contributed by atoms with van der Waals surface area (Å²) in [5, 5.41) is 5.45. The molecule has 0 fully saturated rings. The summed E-state index contributed by atoms with van der Waals surface area (Å²) < 4.78 is 2.76. The van der Waals surface area contributed by atoms with Crippen LogP contribution < -0.4 is 22.1 Å². The Morgan fingerprint density at radius 3 is 2.46 bits per heavy atom. The average Bonchev–Trinajstić information content (AvgIpc) is 3.26. The van der Waals surface area contributed by atoms with Crippen LogP contribution in [0, 0.1) is 11.8 Å². The van der Waals surface area contributed by atoms with Crippen LogP contribution in [0.5, 0.6) is 0 Å². The largest absolute Gasteiger partial charge is 0.382 e. The highest BCUT2D eigenvalue weighted by molar-refractivity contribution is 6.04. The molecule has 12 nitrogen and oxygen atoms in total. The molecule has 2 amide bonds. The molecule has 3 heterocycles. The van der Waals surface area contributed by atoms with Gasteiger partial charge in [-0.1, -0.05) is 18.1 Å². The maximum atomic E-state index is 13.8. The zero-order chi connectivity index (χ0) is 28.9. The summed E-state index contributed by atoms with van der Waals surface area (Å²) >= 11 is 0. The number of hydrogen-bond donors (Lipinski definition) is 3. The van der Waals surface area contributed by atoms with E-state index in [9.17, 15) is 14.4 Å². The first-order valence-corrected chi connectivity index (χ1v) is 12.4. The van der Waals surface area contributed by atoms with Crippen molar-refractivity contribution in [3.63, 3.8) is 0 Å². The highest BCUT2D eigenvalue weighted by Gasteiger charge is 2.20. The number of nitrogens with zero attached hydrogens (tertiary/aromatic N) is 6. The Morgan fingerprint density at radius 1 is 0.927 bits per heavy atom. The number of nitrogen functional groups attached to an aromatic ring is 1. The molecule has 0 spiro atoms. The Hall–Kier alpha value is -5.80. The number of pyridine rings is 1. The lowest BCUT2D eigenvalue weighted by Gasteiger charge is -2.07. The fourth-order valence-corrected chi connectivity index (χ4v) is 4.07. The van der Waals surface area contributed by atoms with Gasteiger partial charge in [0.25, 0.3) is 11.8 Å². The Balaban J connectivity index is 1.50. The summed E-state index contributed by atoms with van der Waals surface area (Å²) in [5.74, 6) is 5.02. The van der Waals surface area contributed by atoms with E-state index in [0.29, 0.717) is 40.5 Å². The van der Waals surface area contributed by atoms with Gasteiger partial charge in [0.15, 0.2) is 11.5 Å². The number of rotatable bonds is 6. The fourth-order valence-electron chi connectivity index (χ4n) is 4.07. The van der Waals surface area contributed by atoms with Gasteiger partial charge < -0.3 is 16.4 Å². The number of hydrogen-bond acceptors (Lipinski definition) is 8. The number of amides is 2. The van der Waals surface area contributed by atoms with E-state index in [-0.39, 0.29) is 17.4 Å². The number of fused-ring (bicyclic) bond motifs is 1. The van der Waals surface area contributed by atoms with Crippen LogP contribution in [-0.4, -0.2) is 61.4 Å². The molecule has 0 bridgehead atoms. The second kappa shape index (κ2) is 11.5. The molecule has 0 aliphatic carbocycles. The molecule has 4 N–H and O–H groups in total. The van der Waals surface area contributed by atoms with E-state index >= 15 is 0 Å². The van der Waals surface area contributed by atoms with Crippen LogP contribution in [-0.2, 0) is 4.79 Å². The van der Waals surface area contributed by atoms with Gasteiger partial charge in [-0.3, -0.25) is 19.1 Å². The second-order valence-electron chi connectivity index (χ2n) is 9.14. The van der Waals surface area contributed by atoms with Crippen LogP contribution in [0.4, 0.5) is 17.3 Å². The van der Waals surface area contributed by atoms with Crippen molar-refractivity contribution in [3.8, 4) is 23.2 Å². The van der Waals surface area contributed by atoms with Gasteiger partial charge >= 0.3 is 5.69 Å². The van der Waals surface area contributed by atoms with Crippen LogP contribution in [0.2, 0.25) is 0 Å². The fraction of sp³-hybridized carbons (Fsp3) is 0.103. The van der Waals surface area contributed by atoms with Crippen molar-refractivity contribution in [3.05, 3.63) is 95.3 Å². The topological polar surface area (TPSA) is 153 Å². The lowest BCUT2D eigenvalue weighted by molar-refractivity contribution is -0.111. The predicted molar refractivity (Wildman–Crippen MR) is 156 cm³/mol. The minimum Gasteiger partial charge on any atom is -0.382 e. The zero-order valence-electron chi connectivity index (χ0n) is 22.2. The van der Waals surface area contributed by atoms with E-state index in [1.54, 1.807) is 72.9 Å². The molecule has 0 unspecified atom stereocenters. The summed E-state index contributed by atoms with van der Waals surface area (Å²) in [4.78, 5) is 53.2. The summed E-state index contributed by atoms with van der Waals surface area (Å²) in [7, 11) is 3.71. The molecule has 5 aromatic rings. The van der Waals surface area contributed by atoms with E-state index in [2.05, 4.69) is 37.4 Å². The number of imidazole rings is 1. The number of nitrogens with one attached hydrogen (secondary N) is 2. The number of anilines is 3. The molecule has 204 valence electrons. The Kier molecular flexibility index (Phi) is 7.53. The van der Waals surface area contributed by atoms with E-state index in [4.69, 9.17) is 5.73 Å². The van der Waals surface area contributed by atoms with E-state index < -0.39 is 11.6 Å². The molecule has 41 heavy (non-hydrogen) atoms. The Morgan fingerprint density at radius 2 is 1.73 bits per heavy atom. The number of nitrogens with two attached hydrogens (primary N) is 1. The van der Waals surface area contributed by atoms with Crippen molar-refractivity contribution in [2.24, 2.45) is 0 Å². The second-order valence-corrected chi connectivity index (χ2v) is 9.14. The molecule has 0 aliphatic rings. The van der Waals surface area contributed by atoms with Crippen molar-refractivity contribution >= 4 is 40.3 Å². The van der Waals surface area contributed by atoms with Gasteiger partial charge in [-0.05, 0) is 74.6 Å². The lowest BCUT2D eigenvalue weighted by atomic mass is 10.2. The molecule has 2 aromatic carbocycles. The maximum absolute atomic E-state index is 13.8. The minimum absolute atomic E-state index is 0.100. The summed E-state index contributed by atoms with van der Waals surface area (Å²) in [6.07, 6.45) is 2.85. The number of benzene rings is 2. The van der Waals surface area contributed by atoms with Crippen LogP contribution in [0.15, 0.2) is 84.0 Å². The van der Waals surface area contributed by atoms with Crippen LogP contribution in [0.3, 0.4) is 0 Å². The minimum atomic E-state index is -0.475. The van der Waals surface area contributed by atoms with E-state index in [0.717, 1.165) is 0 Å². The third kappa shape index (κ3) is 5.80. The van der Waals surface area contributed by atoms with Crippen LogP contribution >= 0.6 is 0 Å². The first kappa shape index (κ1) is 26.8. The van der Waals surface area contributed by atoms with Gasteiger partial charge in [-0.2, -0.15) is 0 Å². The average molecular weight is 548 g/mol. The van der Waals surface area contributed by atoms with Crippen molar-refractivity contribution in [1.82, 2.24) is 29.0 Å². The third-order valence-corrected chi connectivity index (χ3v) is 5.90. The van der Waals surface area contributed by atoms with Gasteiger partial charge in [0, 0.05) is 17.4 Å². The lowest BCUT2D eigenvalue weighted by Crippen LogP contribution is -2.22. The SMILES string of the molecule is CN(C)CC#CC(=O)Nc1cccc(-n2c(=O)n(-c3ccc(C(=O)Nc4ccccn4)cc3)c3c(N)ncnc32)c1. The summed E-state index contributed by atoms with van der Waals surface area (Å²) in [5.41, 5.74) is 8.04. The molecule has 0 radical (unpaired) electrons. The Labute approximate surface area is 234 Å². The predicted octanol–water partition coefficient (Wildman–Crippen LogP) is 2.30. The maximum Gasteiger partial charge on any atom is 0.339 e. The molecule has 0 saturated carbocycles. The van der Waals surface area contributed by atoms with Gasteiger partial charge in [0.2, 0.25) is 0 Å². The molecule has 0 saturated heterocycles.